The molecule has 0 fully saturated rings. The molecule has 25 heavy (non-hydrogen) atoms. The quantitative estimate of drug-likeness (QED) is 0.795. The van der Waals surface area contributed by atoms with E-state index in [1.54, 1.807) is 20.0 Å². The van der Waals surface area contributed by atoms with Crippen molar-refractivity contribution in [2.24, 2.45) is 5.92 Å². The zero-order valence-electron chi connectivity index (χ0n) is 14.8. The number of amides is 1. The van der Waals surface area contributed by atoms with Crippen molar-refractivity contribution in [1.29, 1.82) is 5.26 Å². The molecule has 2 aromatic heterocycles. The number of aryl methyl sites for hydroxylation is 1. The Balaban J connectivity index is 1.88. The van der Waals surface area contributed by atoms with Crippen LogP contribution in [-0.4, -0.2) is 27.2 Å². The van der Waals surface area contributed by atoms with Gasteiger partial charge in [0.15, 0.2) is 0 Å². The molecule has 0 aliphatic rings. The third-order valence-corrected chi connectivity index (χ3v) is 4.23. The zero-order chi connectivity index (χ0) is 18.4. The lowest BCUT2D eigenvalue weighted by Crippen LogP contribution is -2.30. The summed E-state index contributed by atoms with van der Waals surface area (Å²) in [4.78, 5) is 26.5. The molecule has 0 aliphatic carbocycles. The van der Waals surface area contributed by atoms with Crippen molar-refractivity contribution in [2.75, 3.05) is 6.54 Å². The van der Waals surface area contributed by atoms with Crippen LogP contribution in [-0.2, 0) is 17.8 Å². The lowest BCUT2D eigenvalue weighted by atomic mass is 9.99. The number of carbonyl (C=O) groups is 1. The van der Waals surface area contributed by atoms with Crippen LogP contribution in [0.2, 0.25) is 0 Å². The monoisotopic (exact) mass is 341 g/mol. The van der Waals surface area contributed by atoms with Gasteiger partial charge in [0, 0.05) is 37.6 Å². The topological polar surface area (TPSA) is 104 Å². The second kappa shape index (κ2) is 8.29. The molecule has 0 radical (unpaired) electrons. The van der Waals surface area contributed by atoms with Crippen LogP contribution in [0.5, 0.6) is 0 Å². The summed E-state index contributed by atoms with van der Waals surface area (Å²) in [5, 5.41) is 16.2. The Bertz CT molecular complexity index is 830. The maximum Gasteiger partial charge on any atom is 0.266 e. The summed E-state index contributed by atoms with van der Waals surface area (Å²) in [5.74, 6) is 0.224. The van der Waals surface area contributed by atoms with Crippen LogP contribution in [0.25, 0.3) is 0 Å². The van der Waals surface area contributed by atoms with Gasteiger partial charge in [-0.3, -0.25) is 14.3 Å². The van der Waals surface area contributed by atoms with Crippen LogP contribution in [0.4, 0.5) is 0 Å². The number of carbonyl (C=O) groups excluding carboxylic acids is 1. The van der Waals surface area contributed by atoms with E-state index in [0.717, 1.165) is 12.1 Å². The van der Waals surface area contributed by atoms with Crippen LogP contribution >= 0.6 is 0 Å². The first-order valence-electron chi connectivity index (χ1n) is 8.29. The van der Waals surface area contributed by atoms with Gasteiger partial charge in [0.2, 0.25) is 5.91 Å². The second-order valence-corrected chi connectivity index (χ2v) is 6.31. The molecule has 0 aromatic carbocycles. The first-order valence-corrected chi connectivity index (χ1v) is 8.29. The largest absolute Gasteiger partial charge is 0.356 e. The average molecular weight is 341 g/mol. The van der Waals surface area contributed by atoms with Gasteiger partial charge in [-0.2, -0.15) is 10.4 Å². The van der Waals surface area contributed by atoms with Crippen LogP contribution < -0.4 is 10.9 Å². The standard InChI is InChI=1S/C18H23N5O2/c1-12(11-23-8-4-7-21-23)10-20-17(24)6-5-15-13(2)16(9-19)18(25)22-14(15)3/h4,7-8,12H,5-6,10-11H2,1-3H3,(H,20,24)(H,22,25). The summed E-state index contributed by atoms with van der Waals surface area (Å²) in [5.41, 5.74) is 1.97. The minimum atomic E-state index is -0.377. The minimum Gasteiger partial charge on any atom is -0.356 e. The highest BCUT2D eigenvalue weighted by molar-refractivity contribution is 5.76. The van der Waals surface area contributed by atoms with Crippen molar-refractivity contribution in [1.82, 2.24) is 20.1 Å². The Morgan fingerprint density at radius 3 is 2.88 bits per heavy atom. The highest BCUT2D eigenvalue weighted by Gasteiger charge is 2.13. The van der Waals surface area contributed by atoms with Crippen molar-refractivity contribution in [3.8, 4) is 6.07 Å². The fourth-order valence-electron chi connectivity index (χ4n) is 2.83. The van der Waals surface area contributed by atoms with E-state index in [2.05, 4.69) is 22.3 Å². The summed E-state index contributed by atoms with van der Waals surface area (Å²) < 4.78 is 1.84. The molecule has 2 heterocycles. The van der Waals surface area contributed by atoms with Crippen molar-refractivity contribution < 1.29 is 4.79 Å². The highest BCUT2D eigenvalue weighted by Crippen LogP contribution is 2.14. The van der Waals surface area contributed by atoms with Gasteiger partial charge in [-0.15, -0.1) is 0 Å². The van der Waals surface area contributed by atoms with Gasteiger partial charge in [0.25, 0.3) is 5.56 Å². The van der Waals surface area contributed by atoms with Gasteiger partial charge in [0.05, 0.1) is 0 Å². The minimum absolute atomic E-state index is 0.0455. The van der Waals surface area contributed by atoms with Crippen molar-refractivity contribution in [2.45, 2.75) is 40.2 Å². The van der Waals surface area contributed by atoms with Gasteiger partial charge in [-0.25, -0.2) is 0 Å². The number of nitrogens with one attached hydrogen (secondary N) is 2. The first kappa shape index (κ1) is 18.5. The number of H-pyrrole nitrogens is 1. The Morgan fingerprint density at radius 1 is 1.48 bits per heavy atom. The van der Waals surface area contributed by atoms with E-state index < -0.39 is 0 Å². The fraction of sp³-hybridized carbons (Fsp3) is 0.444. The summed E-state index contributed by atoms with van der Waals surface area (Å²) in [6.45, 7) is 6.91. The van der Waals surface area contributed by atoms with E-state index in [9.17, 15) is 9.59 Å². The predicted molar refractivity (Wildman–Crippen MR) is 94.0 cm³/mol. The van der Waals surface area contributed by atoms with Gasteiger partial charge in [0.1, 0.15) is 11.6 Å². The van der Waals surface area contributed by atoms with E-state index in [0.29, 0.717) is 30.6 Å². The molecule has 0 bridgehead atoms. The van der Waals surface area contributed by atoms with E-state index in [1.165, 1.54) is 0 Å². The lowest BCUT2D eigenvalue weighted by molar-refractivity contribution is -0.121. The van der Waals surface area contributed by atoms with E-state index in [4.69, 9.17) is 5.26 Å². The second-order valence-electron chi connectivity index (χ2n) is 6.31. The number of hydrogen-bond acceptors (Lipinski definition) is 4. The molecule has 0 saturated heterocycles. The molecule has 132 valence electrons. The van der Waals surface area contributed by atoms with Gasteiger partial charge >= 0.3 is 0 Å². The van der Waals surface area contributed by atoms with Crippen molar-refractivity contribution in [3.05, 3.63) is 51.2 Å². The molecule has 0 aliphatic heterocycles. The third kappa shape index (κ3) is 4.80. The number of pyridine rings is 1. The van der Waals surface area contributed by atoms with Crippen LogP contribution in [0.15, 0.2) is 23.3 Å². The molecule has 7 heteroatoms. The molecule has 1 unspecified atom stereocenters. The molecular weight excluding hydrogens is 318 g/mol. The van der Waals surface area contributed by atoms with E-state index in [1.807, 2.05) is 23.0 Å². The van der Waals surface area contributed by atoms with Crippen molar-refractivity contribution in [3.63, 3.8) is 0 Å². The van der Waals surface area contributed by atoms with Crippen LogP contribution in [0, 0.1) is 31.1 Å². The fourth-order valence-corrected chi connectivity index (χ4v) is 2.83. The van der Waals surface area contributed by atoms with Gasteiger partial charge in [-0.1, -0.05) is 6.92 Å². The number of nitriles is 1. The maximum atomic E-state index is 12.1. The van der Waals surface area contributed by atoms with Gasteiger partial charge < -0.3 is 10.3 Å². The molecule has 0 saturated carbocycles. The highest BCUT2D eigenvalue weighted by atomic mass is 16.1. The molecule has 2 N–H and O–H groups in total. The molecule has 7 nitrogen and oxygen atoms in total. The summed E-state index contributed by atoms with van der Waals surface area (Å²) in [6.07, 6.45) is 4.43. The number of aromatic nitrogens is 3. The Hall–Kier alpha value is -2.88. The smallest absolute Gasteiger partial charge is 0.266 e. The Labute approximate surface area is 146 Å². The van der Waals surface area contributed by atoms with Crippen LogP contribution in [0.1, 0.15) is 35.7 Å². The normalized spacial score (nSPS) is 11.8. The number of hydrogen-bond donors (Lipinski definition) is 2. The summed E-state index contributed by atoms with van der Waals surface area (Å²) in [7, 11) is 0. The first-order chi connectivity index (χ1) is 11.9. The van der Waals surface area contributed by atoms with Crippen LogP contribution in [0.3, 0.4) is 0 Å². The number of nitrogens with zero attached hydrogens (tertiary/aromatic N) is 3. The van der Waals surface area contributed by atoms with E-state index >= 15 is 0 Å². The summed E-state index contributed by atoms with van der Waals surface area (Å²) >= 11 is 0. The van der Waals surface area contributed by atoms with Gasteiger partial charge in [-0.05, 0) is 43.4 Å². The SMILES string of the molecule is Cc1[nH]c(=O)c(C#N)c(C)c1CCC(=O)NCC(C)Cn1cccn1. The zero-order valence-corrected chi connectivity index (χ0v) is 14.8. The average Bonchev–Trinajstić information content (AvgIpc) is 3.05. The maximum absolute atomic E-state index is 12.1. The molecule has 1 atom stereocenters. The lowest BCUT2D eigenvalue weighted by Gasteiger charge is -2.14. The van der Waals surface area contributed by atoms with Crippen molar-refractivity contribution >= 4 is 5.91 Å². The predicted octanol–water partition coefficient (Wildman–Crippen LogP) is 1.45. The summed E-state index contributed by atoms with van der Waals surface area (Å²) in [6, 6.07) is 3.80. The Morgan fingerprint density at radius 2 is 2.24 bits per heavy atom. The molecular formula is C18H23N5O2. The number of rotatable bonds is 7. The molecule has 1 amide bonds. The van der Waals surface area contributed by atoms with E-state index in [-0.39, 0.29) is 22.9 Å². The molecule has 0 spiro atoms. The Kier molecular flexibility index (Phi) is 6.12. The molecule has 2 rings (SSSR count). The molecule has 2 aromatic rings. The number of aromatic amines is 1. The third-order valence-electron chi connectivity index (χ3n) is 4.23.